The Labute approximate surface area is 175 Å². The van der Waals surface area contributed by atoms with Crippen LogP contribution in [0.5, 0.6) is 0 Å². The number of hydrogen-bond donors (Lipinski definition) is 3. The number of benzene rings is 1. The van der Waals surface area contributed by atoms with Gasteiger partial charge in [-0.25, -0.2) is 4.79 Å². The number of oxazole rings is 1. The minimum atomic E-state index is -0.647. The number of H-pyrrole nitrogens is 1. The number of amides is 2. The Morgan fingerprint density at radius 3 is 2.97 bits per heavy atom. The third kappa shape index (κ3) is 4.40. The summed E-state index contributed by atoms with van der Waals surface area (Å²) in [6, 6.07) is 6.22. The zero-order valence-corrected chi connectivity index (χ0v) is 17.5. The Morgan fingerprint density at radius 1 is 1.31 bits per heavy atom. The van der Waals surface area contributed by atoms with E-state index in [1.165, 1.54) is 21.8 Å². The van der Waals surface area contributed by atoms with Crippen LogP contribution in [0.3, 0.4) is 0 Å². The van der Waals surface area contributed by atoms with Gasteiger partial charge in [0.2, 0.25) is 5.91 Å². The van der Waals surface area contributed by atoms with Crippen molar-refractivity contribution in [3.8, 4) is 0 Å². The topological polar surface area (TPSA) is 104 Å². The van der Waals surface area contributed by atoms with Crippen LogP contribution in [0.4, 0.5) is 5.69 Å². The van der Waals surface area contributed by atoms with E-state index in [4.69, 9.17) is 4.42 Å². The molecule has 2 amide bonds. The number of thiophene rings is 1. The Bertz CT molecular complexity index is 1090. The molecule has 0 radical (unpaired) electrons. The third-order valence-corrected chi connectivity index (χ3v) is 6.77. The number of aromatic nitrogens is 1. The van der Waals surface area contributed by atoms with Gasteiger partial charge in [-0.1, -0.05) is 0 Å². The molecule has 0 fully saturated rings. The van der Waals surface area contributed by atoms with Gasteiger partial charge in [0, 0.05) is 10.6 Å². The SMILES string of the molecule is CSCCC(NC(=O)c1cc2c(s1)CCC2)C(=O)Nc1ccc2oc(=O)[nH]c2c1. The summed E-state index contributed by atoms with van der Waals surface area (Å²) >= 11 is 3.14. The van der Waals surface area contributed by atoms with Crippen molar-refractivity contribution in [1.29, 1.82) is 0 Å². The highest BCUT2D eigenvalue weighted by Crippen LogP contribution is 2.30. The number of anilines is 1. The first kappa shape index (κ1) is 19.8. The molecule has 0 bridgehead atoms. The number of carbonyl (C=O) groups excluding carboxylic acids is 2. The Morgan fingerprint density at radius 2 is 2.17 bits per heavy atom. The van der Waals surface area contributed by atoms with Crippen molar-refractivity contribution in [2.24, 2.45) is 0 Å². The Kier molecular flexibility index (Phi) is 5.77. The van der Waals surface area contributed by atoms with E-state index in [9.17, 15) is 14.4 Å². The lowest BCUT2D eigenvalue weighted by atomic mass is 10.2. The van der Waals surface area contributed by atoms with Crippen molar-refractivity contribution < 1.29 is 14.0 Å². The molecule has 7 nitrogen and oxygen atoms in total. The highest BCUT2D eigenvalue weighted by molar-refractivity contribution is 7.98. The lowest BCUT2D eigenvalue weighted by Crippen LogP contribution is -2.44. The fourth-order valence-corrected chi connectivity index (χ4v) is 5.06. The number of nitrogens with one attached hydrogen (secondary N) is 3. The molecular weight excluding hydrogens is 410 g/mol. The number of aromatic amines is 1. The summed E-state index contributed by atoms with van der Waals surface area (Å²) < 4.78 is 4.97. The van der Waals surface area contributed by atoms with Crippen LogP contribution in [0.2, 0.25) is 0 Å². The van der Waals surface area contributed by atoms with Crippen LogP contribution in [-0.4, -0.2) is 34.8 Å². The predicted octanol–water partition coefficient (Wildman–Crippen LogP) is 3.16. The van der Waals surface area contributed by atoms with E-state index in [0.717, 1.165) is 25.0 Å². The average Bonchev–Trinajstić information content (AvgIpc) is 3.38. The number of fused-ring (bicyclic) bond motifs is 2. The molecular formula is C20H21N3O4S2. The fraction of sp³-hybridized carbons (Fsp3) is 0.350. The molecule has 152 valence electrons. The summed E-state index contributed by atoms with van der Waals surface area (Å²) in [6.45, 7) is 0. The minimum absolute atomic E-state index is 0.208. The third-order valence-electron chi connectivity index (χ3n) is 4.89. The molecule has 0 aliphatic heterocycles. The van der Waals surface area contributed by atoms with Crippen molar-refractivity contribution in [1.82, 2.24) is 10.3 Å². The van der Waals surface area contributed by atoms with E-state index in [1.807, 2.05) is 12.3 Å². The van der Waals surface area contributed by atoms with E-state index in [-0.39, 0.29) is 11.8 Å². The summed E-state index contributed by atoms with van der Waals surface area (Å²) in [4.78, 5) is 41.4. The summed E-state index contributed by atoms with van der Waals surface area (Å²) in [5.74, 6) is -0.300. The van der Waals surface area contributed by atoms with Gasteiger partial charge in [0.05, 0.1) is 10.4 Å². The maximum atomic E-state index is 12.8. The highest BCUT2D eigenvalue weighted by Gasteiger charge is 2.24. The number of hydrogen-bond acceptors (Lipinski definition) is 6. The first-order chi connectivity index (χ1) is 14.0. The van der Waals surface area contributed by atoms with Crippen LogP contribution < -0.4 is 16.4 Å². The first-order valence-electron chi connectivity index (χ1n) is 9.38. The van der Waals surface area contributed by atoms with E-state index >= 15 is 0 Å². The van der Waals surface area contributed by atoms with Crippen LogP contribution in [-0.2, 0) is 17.6 Å². The molecule has 1 unspecified atom stereocenters. The van der Waals surface area contributed by atoms with Gasteiger partial charge in [-0.15, -0.1) is 11.3 Å². The molecule has 1 aromatic carbocycles. The van der Waals surface area contributed by atoms with E-state index in [1.54, 1.807) is 30.0 Å². The van der Waals surface area contributed by atoms with Gasteiger partial charge in [0.25, 0.3) is 5.91 Å². The molecule has 4 rings (SSSR count). The normalized spacial score (nSPS) is 14.0. The van der Waals surface area contributed by atoms with Crippen LogP contribution in [0.1, 0.15) is 33.0 Å². The minimum Gasteiger partial charge on any atom is -0.408 e. The van der Waals surface area contributed by atoms with Crippen molar-refractivity contribution in [3.05, 3.63) is 50.1 Å². The molecule has 1 atom stereocenters. The zero-order valence-electron chi connectivity index (χ0n) is 15.9. The average molecular weight is 432 g/mol. The number of rotatable bonds is 7. The summed E-state index contributed by atoms with van der Waals surface area (Å²) in [6.07, 6.45) is 5.68. The van der Waals surface area contributed by atoms with Crippen molar-refractivity contribution in [2.45, 2.75) is 31.7 Å². The summed E-state index contributed by atoms with van der Waals surface area (Å²) in [5.41, 5.74) is 2.71. The van der Waals surface area contributed by atoms with Crippen LogP contribution in [0, 0.1) is 0 Å². The predicted molar refractivity (Wildman–Crippen MR) is 116 cm³/mol. The monoisotopic (exact) mass is 431 g/mol. The molecule has 0 saturated carbocycles. The summed E-state index contributed by atoms with van der Waals surface area (Å²) in [7, 11) is 0. The number of carbonyl (C=O) groups is 2. The second kappa shape index (κ2) is 8.46. The van der Waals surface area contributed by atoms with E-state index in [2.05, 4.69) is 15.6 Å². The maximum absolute atomic E-state index is 12.8. The molecule has 3 aromatic rings. The second-order valence-electron chi connectivity index (χ2n) is 6.93. The number of thioether (sulfide) groups is 1. The van der Waals surface area contributed by atoms with Gasteiger partial charge in [0.1, 0.15) is 6.04 Å². The molecule has 2 heterocycles. The molecule has 3 N–H and O–H groups in total. The van der Waals surface area contributed by atoms with Crippen LogP contribution in [0.15, 0.2) is 33.5 Å². The molecule has 2 aromatic heterocycles. The van der Waals surface area contributed by atoms with E-state index in [0.29, 0.717) is 28.1 Å². The largest absolute Gasteiger partial charge is 0.417 e. The molecule has 0 spiro atoms. The van der Waals surface area contributed by atoms with Crippen LogP contribution in [0.25, 0.3) is 11.1 Å². The molecule has 1 aliphatic carbocycles. The van der Waals surface area contributed by atoms with Gasteiger partial charge >= 0.3 is 5.76 Å². The lowest BCUT2D eigenvalue weighted by molar-refractivity contribution is -0.118. The van der Waals surface area contributed by atoms with Gasteiger partial charge in [-0.05, 0) is 67.5 Å². The van der Waals surface area contributed by atoms with E-state index < -0.39 is 11.8 Å². The van der Waals surface area contributed by atoms with Crippen LogP contribution >= 0.6 is 23.1 Å². The quantitative estimate of drug-likeness (QED) is 0.533. The number of aryl methyl sites for hydroxylation is 2. The smallest absolute Gasteiger partial charge is 0.408 e. The molecule has 29 heavy (non-hydrogen) atoms. The Hall–Kier alpha value is -2.52. The molecule has 1 aliphatic rings. The van der Waals surface area contributed by atoms with Crippen molar-refractivity contribution in [2.75, 3.05) is 17.3 Å². The first-order valence-corrected chi connectivity index (χ1v) is 11.6. The highest BCUT2D eigenvalue weighted by atomic mass is 32.2. The van der Waals surface area contributed by atoms with Gasteiger partial charge < -0.3 is 15.1 Å². The zero-order chi connectivity index (χ0) is 20.4. The standard InChI is InChI=1S/C20H21N3O4S2/c1-28-8-7-13(22-19(25)17-9-11-3-2-4-16(11)29-17)18(24)21-12-5-6-15-14(10-12)23-20(26)27-15/h5-6,9-10,13H,2-4,7-8H2,1H3,(H,21,24)(H,22,25)(H,23,26). The molecule has 0 saturated heterocycles. The molecule has 9 heteroatoms. The van der Waals surface area contributed by atoms with Gasteiger partial charge in [-0.2, -0.15) is 11.8 Å². The maximum Gasteiger partial charge on any atom is 0.417 e. The van der Waals surface area contributed by atoms with Crippen molar-refractivity contribution >= 4 is 51.7 Å². The van der Waals surface area contributed by atoms with Gasteiger partial charge in [0.15, 0.2) is 5.58 Å². The van der Waals surface area contributed by atoms with Gasteiger partial charge in [-0.3, -0.25) is 14.6 Å². The summed E-state index contributed by atoms with van der Waals surface area (Å²) in [5, 5.41) is 5.71. The second-order valence-corrected chi connectivity index (χ2v) is 9.06. The van der Waals surface area contributed by atoms with Crippen molar-refractivity contribution in [3.63, 3.8) is 0 Å². The lowest BCUT2D eigenvalue weighted by Gasteiger charge is -2.18. The Balaban J connectivity index is 1.47. The fourth-order valence-electron chi connectivity index (χ4n) is 3.43.